The summed E-state index contributed by atoms with van der Waals surface area (Å²) >= 11 is 0. The molecule has 9 nitrogen and oxygen atoms in total. The molecule has 3 aliphatic rings. The maximum atomic E-state index is 13.3. The number of fused-ring (bicyclic) bond motifs is 2. The Morgan fingerprint density at radius 3 is 2.74 bits per heavy atom. The van der Waals surface area contributed by atoms with Crippen molar-refractivity contribution in [2.75, 3.05) is 32.6 Å². The van der Waals surface area contributed by atoms with Crippen molar-refractivity contribution in [1.82, 2.24) is 25.1 Å². The lowest BCUT2D eigenvalue weighted by Crippen LogP contribution is -2.52. The lowest BCUT2D eigenvalue weighted by molar-refractivity contribution is 0.0557. The summed E-state index contributed by atoms with van der Waals surface area (Å²) in [6.45, 7) is 2.35. The number of nitrogens with zero attached hydrogens (tertiary/aromatic N) is 4. The SMILES string of the molecule is CN(C)C(=O)c1cccc(CNC(=O)N2Cc3nc(NC4CCOCC4)ncc3C23CCC3)c1. The zero-order valence-electron chi connectivity index (χ0n) is 19.8. The Bertz CT molecular complexity index is 1080. The first kappa shape index (κ1) is 22.6. The molecule has 2 aromatic rings. The normalized spacial score (nSPS) is 18.8. The van der Waals surface area contributed by atoms with Crippen molar-refractivity contribution in [2.24, 2.45) is 0 Å². The van der Waals surface area contributed by atoms with E-state index in [1.807, 2.05) is 29.3 Å². The van der Waals surface area contributed by atoms with Crippen molar-refractivity contribution in [2.45, 2.75) is 56.8 Å². The van der Waals surface area contributed by atoms with Crippen molar-refractivity contribution in [3.05, 3.63) is 52.8 Å². The highest BCUT2D eigenvalue weighted by molar-refractivity contribution is 5.94. The second kappa shape index (κ2) is 9.21. The summed E-state index contributed by atoms with van der Waals surface area (Å²) < 4.78 is 5.43. The first-order valence-electron chi connectivity index (χ1n) is 12.0. The Labute approximate surface area is 199 Å². The third-order valence-electron chi connectivity index (χ3n) is 7.20. The van der Waals surface area contributed by atoms with Gasteiger partial charge in [-0.15, -0.1) is 0 Å². The number of ether oxygens (including phenoxy) is 1. The molecule has 0 unspecified atom stereocenters. The lowest BCUT2D eigenvalue weighted by Gasteiger charge is -2.45. The summed E-state index contributed by atoms with van der Waals surface area (Å²) in [7, 11) is 3.46. The molecule has 0 bridgehead atoms. The molecule has 180 valence electrons. The highest BCUT2D eigenvalue weighted by Gasteiger charge is 2.52. The van der Waals surface area contributed by atoms with Gasteiger partial charge in [0.15, 0.2) is 0 Å². The van der Waals surface area contributed by atoms with Crippen LogP contribution in [-0.2, 0) is 23.4 Å². The average molecular weight is 465 g/mol. The number of nitrogens with one attached hydrogen (secondary N) is 2. The van der Waals surface area contributed by atoms with E-state index in [0.29, 0.717) is 30.6 Å². The van der Waals surface area contributed by atoms with E-state index in [9.17, 15) is 9.59 Å². The monoisotopic (exact) mass is 464 g/mol. The van der Waals surface area contributed by atoms with Crippen molar-refractivity contribution in [1.29, 1.82) is 0 Å². The predicted octanol–water partition coefficient (Wildman–Crippen LogP) is 2.87. The van der Waals surface area contributed by atoms with Crippen LogP contribution in [0.2, 0.25) is 0 Å². The standard InChI is InChI=1S/C25H32N6O3/c1-30(2)22(32)18-6-3-5-17(13-18)14-27-24(33)31-16-21-20(25(31)9-4-10-25)15-26-23(29-21)28-19-7-11-34-12-8-19/h3,5-6,13,15,19H,4,7-12,14,16H2,1-2H3,(H,27,33)(H,26,28,29). The fraction of sp³-hybridized carbons (Fsp3) is 0.520. The second-order valence-corrected chi connectivity index (χ2v) is 9.61. The minimum absolute atomic E-state index is 0.0552. The molecule has 34 heavy (non-hydrogen) atoms. The van der Waals surface area contributed by atoms with Gasteiger partial charge < -0.3 is 25.2 Å². The Balaban J connectivity index is 1.27. The summed E-state index contributed by atoms with van der Waals surface area (Å²) in [5.41, 5.74) is 3.20. The number of benzene rings is 1. The second-order valence-electron chi connectivity index (χ2n) is 9.61. The van der Waals surface area contributed by atoms with Crippen molar-refractivity contribution < 1.29 is 14.3 Å². The number of anilines is 1. The maximum absolute atomic E-state index is 13.3. The van der Waals surface area contributed by atoms with E-state index in [0.717, 1.165) is 62.1 Å². The van der Waals surface area contributed by atoms with E-state index in [1.165, 1.54) is 0 Å². The van der Waals surface area contributed by atoms with E-state index in [1.54, 1.807) is 25.1 Å². The number of amides is 3. The summed E-state index contributed by atoms with van der Waals surface area (Å²) in [4.78, 5) is 38.4. The van der Waals surface area contributed by atoms with E-state index in [2.05, 4.69) is 15.6 Å². The first-order valence-corrected chi connectivity index (χ1v) is 12.0. The molecule has 3 heterocycles. The first-order chi connectivity index (χ1) is 16.5. The fourth-order valence-corrected chi connectivity index (χ4v) is 5.13. The van der Waals surface area contributed by atoms with Gasteiger partial charge in [0.25, 0.3) is 5.91 Å². The Morgan fingerprint density at radius 2 is 2.03 bits per heavy atom. The summed E-state index contributed by atoms with van der Waals surface area (Å²) in [5.74, 6) is 0.574. The van der Waals surface area contributed by atoms with Crippen LogP contribution in [0.1, 0.15) is 59.3 Å². The molecule has 5 rings (SSSR count). The van der Waals surface area contributed by atoms with Crippen LogP contribution in [0.5, 0.6) is 0 Å². The molecular formula is C25H32N6O3. The Hall–Kier alpha value is -3.20. The molecule has 1 saturated carbocycles. The number of urea groups is 1. The number of carbonyl (C=O) groups is 2. The van der Waals surface area contributed by atoms with Gasteiger partial charge in [-0.3, -0.25) is 4.79 Å². The predicted molar refractivity (Wildman–Crippen MR) is 127 cm³/mol. The van der Waals surface area contributed by atoms with Crippen LogP contribution in [0.25, 0.3) is 0 Å². The van der Waals surface area contributed by atoms with Gasteiger partial charge in [0.2, 0.25) is 5.95 Å². The minimum atomic E-state index is -0.306. The molecule has 1 aliphatic carbocycles. The van der Waals surface area contributed by atoms with Crippen molar-refractivity contribution in [3.8, 4) is 0 Å². The van der Waals surface area contributed by atoms with Gasteiger partial charge in [-0.1, -0.05) is 12.1 Å². The van der Waals surface area contributed by atoms with Gasteiger partial charge in [-0.05, 0) is 49.8 Å². The maximum Gasteiger partial charge on any atom is 0.318 e. The molecule has 2 aliphatic heterocycles. The number of hydrogen-bond donors (Lipinski definition) is 2. The summed E-state index contributed by atoms with van der Waals surface area (Å²) in [5, 5.41) is 6.49. The van der Waals surface area contributed by atoms with Gasteiger partial charge in [0, 0.05) is 57.2 Å². The zero-order chi connectivity index (χ0) is 23.7. The molecule has 2 fully saturated rings. The fourth-order valence-electron chi connectivity index (χ4n) is 5.13. The van der Waals surface area contributed by atoms with Crippen molar-refractivity contribution in [3.63, 3.8) is 0 Å². The van der Waals surface area contributed by atoms with Crippen molar-refractivity contribution >= 4 is 17.9 Å². The number of rotatable bonds is 5. The molecular weight excluding hydrogens is 432 g/mol. The summed E-state index contributed by atoms with van der Waals surface area (Å²) in [6, 6.07) is 7.60. The Kier molecular flexibility index (Phi) is 6.12. The highest BCUT2D eigenvalue weighted by atomic mass is 16.5. The molecule has 0 atom stereocenters. The van der Waals surface area contributed by atoms with Gasteiger partial charge in [0.05, 0.1) is 17.8 Å². The molecule has 0 radical (unpaired) electrons. The van der Waals surface area contributed by atoms with Gasteiger partial charge in [0.1, 0.15) is 0 Å². The lowest BCUT2D eigenvalue weighted by atomic mass is 9.73. The van der Waals surface area contributed by atoms with Crippen LogP contribution in [0.4, 0.5) is 10.7 Å². The number of aromatic nitrogens is 2. The number of carbonyl (C=O) groups excluding carboxylic acids is 2. The number of hydrogen-bond acceptors (Lipinski definition) is 6. The average Bonchev–Trinajstić information content (AvgIpc) is 3.18. The van der Waals surface area contributed by atoms with Crippen LogP contribution in [-0.4, -0.2) is 65.1 Å². The smallest absolute Gasteiger partial charge is 0.318 e. The topological polar surface area (TPSA) is 99.7 Å². The molecule has 1 spiro atoms. The molecule has 1 aromatic heterocycles. The molecule has 3 amide bonds. The van der Waals surface area contributed by atoms with E-state index < -0.39 is 0 Å². The van der Waals surface area contributed by atoms with Crippen LogP contribution in [0.15, 0.2) is 30.5 Å². The van der Waals surface area contributed by atoms with E-state index >= 15 is 0 Å². The molecule has 9 heteroatoms. The third kappa shape index (κ3) is 4.20. The molecule has 1 saturated heterocycles. The van der Waals surface area contributed by atoms with E-state index in [4.69, 9.17) is 9.72 Å². The minimum Gasteiger partial charge on any atom is -0.381 e. The van der Waals surface area contributed by atoms with Gasteiger partial charge in [-0.2, -0.15) is 0 Å². The van der Waals surface area contributed by atoms with Crippen LogP contribution >= 0.6 is 0 Å². The van der Waals surface area contributed by atoms with Gasteiger partial charge >= 0.3 is 6.03 Å². The largest absolute Gasteiger partial charge is 0.381 e. The van der Waals surface area contributed by atoms with E-state index in [-0.39, 0.29) is 17.5 Å². The Morgan fingerprint density at radius 1 is 1.24 bits per heavy atom. The van der Waals surface area contributed by atoms with Crippen LogP contribution in [0.3, 0.4) is 0 Å². The molecule has 1 aromatic carbocycles. The van der Waals surface area contributed by atoms with Crippen LogP contribution in [0, 0.1) is 0 Å². The van der Waals surface area contributed by atoms with Gasteiger partial charge in [-0.25, -0.2) is 14.8 Å². The summed E-state index contributed by atoms with van der Waals surface area (Å²) in [6.07, 6.45) is 6.74. The third-order valence-corrected chi connectivity index (χ3v) is 7.20. The quantitative estimate of drug-likeness (QED) is 0.706. The highest BCUT2D eigenvalue weighted by Crippen LogP contribution is 2.52. The zero-order valence-corrected chi connectivity index (χ0v) is 19.8. The van der Waals surface area contributed by atoms with Crippen LogP contribution < -0.4 is 10.6 Å². The molecule has 2 N–H and O–H groups in total.